The molecule has 1 aromatic heterocycles. The Labute approximate surface area is 127 Å². The summed E-state index contributed by atoms with van der Waals surface area (Å²) in [5.41, 5.74) is -0.464. The van der Waals surface area contributed by atoms with Crippen molar-refractivity contribution < 1.29 is 9.53 Å². The Morgan fingerprint density at radius 1 is 1.50 bits per heavy atom. The van der Waals surface area contributed by atoms with Gasteiger partial charge in [0, 0.05) is 13.1 Å². The number of carbonyl (C=O) groups excluding carboxylic acids is 1. The molecule has 2 rings (SSSR count). The number of anilines is 1. The van der Waals surface area contributed by atoms with Crippen LogP contribution in [0, 0.1) is 0 Å². The first kappa shape index (κ1) is 15.1. The van der Waals surface area contributed by atoms with Crippen LogP contribution in [0.4, 0.5) is 10.6 Å². The SMILES string of the molecule is CC(C)(C)OC(=O)N[C@H]1CCN(c2cccc(Br)n2)C1. The summed E-state index contributed by atoms with van der Waals surface area (Å²) in [6.07, 6.45) is 0.541. The lowest BCUT2D eigenvalue weighted by Crippen LogP contribution is -2.40. The van der Waals surface area contributed by atoms with Gasteiger partial charge in [-0.1, -0.05) is 6.07 Å². The predicted octanol–water partition coefficient (Wildman–Crippen LogP) is 2.95. The van der Waals surface area contributed by atoms with Crippen LogP contribution in [-0.2, 0) is 4.74 Å². The first-order chi connectivity index (χ1) is 9.33. The highest BCUT2D eigenvalue weighted by Gasteiger charge is 2.26. The van der Waals surface area contributed by atoms with Crippen molar-refractivity contribution in [2.75, 3.05) is 18.0 Å². The topological polar surface area (TPSA) is 54.5 Å². The van der Waals surface area contributed by atoms with E-state index < -0.39 is 5.60 Å². The highest BCUT2D eigenvalue weighted by molar-refractivity contribution is 9.10. The minimum Gasteiger partial charge on any atom is -0.444 e. The molecule has 0 aliphatic carbocycles. The van der Waals surface area contributed by atoms with Gasteiger partial charge in [-0.05, 0) is 55.3 Å². The number of nitrogens with zero attached hydrogens (tertiary/aromatic N) is 2. The third-order valence-electron chi connectivity index (χ3n) is 2.93. The fourth-order valence-corrected chi connectivity index (χ4v) is 2.47. The van der Waals surface area contributed by atoms with Crippen LogP contribution in [0.1, 0.15) is 27.2 Å². The second kappa shape index (κ2) is 5.99. The molecule has 0 spiro atoms. The molecule has 1 saturated heterocycles. The van der Waals surface area contributed by atoms with E-state index in [1.165, 1.54) is 0 Å². The first-order valence-electron chi connectivity index (χ1n) is 6.70. The standard InChI is InChI=1S/C14H20BrN3O2/c1-14(2,3)20-13(19)16-10-7-8-18(9-10)12-6-4-5-11(15)17-12/h4-6,10H,7-9H2,1-3H3,(H,16,19)/t10-/m0/s1. The average Bonchev–Trinajstić information content (AvgIpc) is 2.74. The zero-order valence-corrected chi connectivity index (χ0v) is 13.6. The van der Waals surface area contributed by atoms with Gasteiger partial charge in [-0.3, -0.25) is 0 Å². The van der Waals surface area contributed by atoms with Gasteiger partial charge in [-0.25, -0.2) is 9.78 Å². The van der Waals surface area contributed by atoms with Crippen molar-refractivity contribution in [3.8, 4) is 0 Å². The second-order valence-corrected chi connectivity index (χ2v) is 6.71. The quantitative estimate of drug-likeness (QED) is 0.840. The normalized spacial score (nSPS) is 19.0. The number of ether oxygens (including phenoxy) is 1. The Hall–Kier alpha value is -1.30. The number of halogens is 1. The monoisotopic (exact) mass is 341 g/mol. The minimum absolute atomic E-state index is 0.102. The van der Waals surface area contributed by atoms with E-state index in [-0.39, 0.29) is 12.1 Å². The Bertz CT molecular complexity index is 488. The van der Waals surface area contributed by atoms with Crippen LogP contribution in [0.3, 0.4) is 0 Å². The van der Waals surface area contributed by atoms with E-state index in [1.54, 1.807) is 0 Å². The molecule has 1 fully saturated rings. The second-order valence-electron chi connectivity index (χ2n) is 5.90. The molecular weight excluding hydrogens is 322 g/mol. The lowest BCUT2D eigenvalue weighted by Gasteiger charge is -2.22. The number of rotatable bonds is 2. The van der Waals surface area contributed by atoms with Crippen molar-refractivity contribution in [1.82, 2.24) is 10.3 Å². The summed E-state index contributed by atoms with van der Waals surface area (Å²) in [5, 5.41) is 2.91. The minimum atomic E-state index is -0.464. The molecule has 1 aliphatic heterocycles. The smallest absolute Gasteiger partial charge is 0.407 e. The Balaban J connectivity index is 1.88. The van der Waals surface area contributed by atoms with Gasteiger partial charge in [0.05, 0.1) is 6.04 Å². The summed E-state index contributed by atoms with van der Waals surface area (Å²) in [6.45, 7) is 7.21. The zero-order valence-electron chi connectivity index (χ0n) is 12.0. The largest absolute Gasteiger partial charge is 0.444 e. The van der Waals surface area contributed by atoms with Gasteiger partial charge >= 0.3 is 6.09 Å². The highest BCUT2D eigenvalue weighted by atomic mass is 79.9. The molecular formula is C14H20BrN3O2. The molecule has 0 aromatic carbocycles. The van der Waals surface area contributed by atoms with Crippen LogP contribution >= 0.6 is 15.9 Å². The molecule has 0 radical (unpaired) electrons. The molecule has 1 amide bonds. The number of hydrogen-bond donors (Lipinski definition) is 1. The van der Waals surface area contributed by atoms with Crippen molar-refractivity contribution in [3.63, 3.8) is 0 Å². The molecule has 6 heteroatoms. The Morgan fingerprint density at radius 2 is 2.25 bits per heavy atom. The van der Waals surface area contributed by atoms with Crippen molar-refractivity contribution in [1.29, 1.82) is 0 Å². The van der Waals surface area contributed by atoms with Gasteiger partial charge in [0.2, 0.25) is 0 Å². The van der Waals surface area contributed by atoms with Crippen molar-refractivity contribution >= 4 is 27.8 Å². The molecule has 0 bridgehead atoms. The van der Waals surface area contributed by atoms with Crippen molar-refractivity contribution in [3.05, 3.63) is 22.8 Å². The van der Waals surface area contributed by atoms with Gasteiger partial charge in [0.15, 0.2) is 0 Å². The molecule has 2 heterocycles. The first-order valence-corrected chi connectivity index (χ1v) is 7.50. The molecule has 1 aliphatic rings. The summed E-state index contributed by atoms with van der Waals surface area (Å²) in [4.78, 5) is 18.3. The van der Waals surface area contributed by atoms with Crippen LogP contribution in [0.25, 0.3) is 0 Å². The molecule has 20 heavy (non-hydrogen) atoms. The van der Waals surface area contributed by atoms with Crippen LogP contribution in [0.15, 0.2) is 22.8 Å². The molecule has 110 valence electrons. The number of aromatic nitrogens is 1. The highest BCUT2D eigenvalue weighted by Crippen LogP contribution is 2.20. The van der Waals surface area contributed by atoms with E-state index in [4.69, 9.17) is 4.74 Å². The number of amides is 1. The van der Waals surface area contributed by atoms with Crippen molar-refractivity contribution in [2.45, 2.75) is 38.8 Å². The number of alkyl carbamates (subject to hydrolysis) is 1. The number of pyridine rings is 1. The molecule has 1 N–H and O–H groups in total. The molecule has 0 saturated carbocycles. The fraction of sp³-hybridized carbons (Fsp3) is 0.571. The maximum atomic E-state index is 11.7. The molecule has 5 nitrogen and oxygen atoms in total. The van der Waals surface area contributed by atoms with Gasteiger partial charge in [-0.15, -0.1) is 0 Å². The van der Waals surface area contributed by atoms with E-state index in [0.29, 0.717) is 0 Å². The summed E-state index contributed by atoms with van der Waals surface area (Å²) in [5.74, 6) is 0.924. The summed E-state index contributed by atoms with van der Waals surface area (Å²) in [6, 6.07) is 5.93. The summed E-state index contributed by atoms with van der Waals surface area (Å²) >= 11 is 3.37. The molecule has 1 atom stereocenters. The Morgan fingerprint density at radius 3 is 2.90 bits per heavy atom. The fourth-order valence-electron chi connectivity index (χ4n) is 2.13. The van der Waals surface area contributed by atoms with Gasteiger partial charge < -0.3 is 15.0 Å². The lowest BCUT2D eigenvalue weighted by atomic mass is 10.2. The van der Waals surface area contributed by atoms with Gasteiger partial charge in [0.25, 0.3) is 0 Å². The Kier molecular flexibility index (Phi) is 4.52. The van der Waals surface area contributed by atoms with Crippen LogP contribution in [0.2, 0.25) is 0 Å². The predicted molar refractivity (Wildman–Crippen MR) is 81.9 cm³/mol. The average molecular weight is 342 g/mol. The van der Waals surface area contributed by atoms with Crippen LogP contribution < -0.4 is 10.2 Å². The van der Waals surface area contributed by atoms with E-state index in [2.05, 4.69) is 31.1 Å². The maximum absolute atomic E-state index is 11.7. The lowest BCUT2D eigenvalue weighted by molar-refractivity contribution is 0.0509. The van der Waals surface area contributed by atoms with Gasteiger partial charge in [-0.2, -0.15) is 0 Å². The van der Waals surface area contributed by atoms with E-state index in [1.807, 2.05) is 39.0 Å². The number of hydrogen-bond acceptors (Lipinski definition) is 4. The molecule has 0 unspecified atom stereocenters. The van der Waals surface area contributed by atoms with Gasteiger partial charge in [0.1, 0.15) is 16.0 Å². The molecule has 1 aromatic rings. The third-order valence-corrected chi connectivity index (χ3v) is 3.38. The third kappa shape index (κ3) is 4.37. The summed E-state index contributed by atoms with van der Waals surface area (Å²) < 4.78 is 6.09. The number of nitrogens with one attached hydrogen (secondary N) is 1. The van der Waals surface area contributed by atoms with Crippen molar-refractivity contribution in [2.24, 2.45) is 0 Å². The number of carbonyl (C=O) groups is 1. The van der Waals surface area contributed by atoms with Crippen LogP contribution in [0.5, 0.6) is 0 Å². The zero-order chi connectivity index (χ0) is 14.8. The van der Waals surface area contributed by atoms with E-state index in [0.717, 1.165) is 29.9 Å². The maximum Gasteiger partial charge on any atom is 0.407 e. The summed E-state index contributed by atoms with van der Waals surface area (Å²) in [7, 11) is 0. The van der Waals surface area contributed by atoms with E-state index in [9.17, 15) is 4.79 Å². The van der Waals surface area contributed by atoms with Crippen LogP contribution in [-0.4, -0.2) is 35.8 Å². The van der Waals surface area contributed by atoms with E-state index >= 15 is 0 Å².